The van der Waals surface area contributed by atoms with Gasteiger partial charge in [-0.05, 0) is 27.7 Å². The van der Waals surface area contributed by atoms with Crippen molar-refractivity contribution >= 4 is 0 Å². The van der Waals surface area contributed by atoms with Gasteiger partial charge in [0.1, 0.15) is 24.4 Å². The average Bonchev–Trinajstić information content (AvgIpc) is 2.58. The van der Waals surface area contributed by atoms with Crippen LogP contribution < -0.4 is 0 Å². The van der Waals surface area contributed by atoms with Gasteiger partial charge in [0.05, 0.1) is 13.2 Å². The fraction of sp³-hybridized carbons (Fsp3) is 1.00. The van der Waals surface area contributed by atoms with E-state index in [0.717, 1.165) is 0 Å². The molecule has 2 aliphatic heterocycles. The van der Waals surface area contributed by atoms with Crippen molar-refractivity contribution in [1.29, 1.82) is 0 Å². The highest BCUT2D eigenvalue weighted by Crippen LogP contribution is 2.35. The maximum atomic E-state index is 10.1. The van der Waals surface area contributed by atoms with E-state index in [4.69, 9.17) is 23.7 Å². The molecule has 1 N–H and O–H groups in total. The first-order valence-corrected chi connectivity index (χ1v) is 6.58. The van der Waals surface area contributed by atoms with Crippen molar-refractivity contribution < 1.29 is 28.8 Å². The van der Waals surface area contributed by atoms with Crippen molar-refractivity contribution in [2.24, 2.45) is 0 Å². The number of aliphatic hydroxyl groups is 1. The van der Waals surface area contributed by atoms with Crippen LogP contribution in [0.3, 0.4) is 0 Å². The summed E-state index contributed by atoms with van der Waals surface area (Å²) in [6.07, 6.45) is -1.89. The molecule has 0 radical (unpaired) electrons. The zero-order valence-corrected chi connectivity index (χ0v) is 12.2. The number of aliphatic hydroxyl groups excluding tert-OH is 1. The highest BCUT2D eigenvalue weighted by Gasteiger charge is 2.50. The molecule has 2 heterocycles. The maximum Gasteiger partial charge on any atom is 0.164 e. The first-order chi connectivity index (χ1) is 8.74. The molecule has 2 rings (SSSR count). The molecule has 112 valence electrons. The number of rotatable bonds is 3. The molecule has 0 aromatic rings. The summed E-state index contributed by atoms with van der Waals surface area (Å²) < 4.78 is 28.0. The average molecular weight is 276 g/mol. The topological polar surface area (TPSA) is 66.4 Å². The summed E-state index contributed by atoms with van der Waals surface area (Å²) in [6.45, 7) is 7.93. The Balaban J connectivity index is 2.13. The molecule has 0 aromatic heterocycles. The van der Waals surface area contributed by atoms with Crippen LogP contribution in [0.15, 0.2) is 0 Å². The summed E-state index contributed by atoms with van der Waals surface area (Å²) in [5.74, 6) is -1.45. The van der Waals surface area contributed by atoms with Gasteiger partial charge in [0, 0.05) is 7.11 Å². The summed E-state index contributed by atoms with van der Waals surface area (Å²) in [4.78, 5) is 0. The van der Waals surface area contributed by atoms with Gasteiger partial charge in [-0.2, -0.15) is 0 Å². The Hall–Kier alpha value is -0.240. The van der Waals surface area contributed by atoms with Gasteiger partial charge in [-0.25, -0.2) is 0 Å². The third-order valence-corrected chi connectivity index (χ3v) is 3.28. The van der Waals surface area contributed by atoms with Gasteiger partial charge in [0.15, 0.2) is 11.6 Å². The molecule has 0 aliphatic carbocycles. The van der Waals surface area contributed by atoms with Crippen LogP contribution in [-0.4, -0.2) is 61.4 Å². The molecule has 19 heavy (non-hydrogen) atoms. The van der Waals surface area contributed by atoms with Gasteiger partial charge >= 0.3 is 0 Å². The van der Waals surface area contributed by atoms with Crippen LogP contribution in [0.25, 0.3) is 0 Å². The van der Waals surface area contributed by atoms with Crippen molar-refractivity contribution in [3.63, 3.8) is 0 Å². The van der Waals surface area contributed by atoms with Crippen LogP contribution >= 0.6 is 0 Å². The zero-order chi connectivity index (χ0) is 14.3. The van der Waals surface area contributed by atoms with Crippen LogP contribution in [0.2, 0.25) is 0 Å². The Morgan fingerprint density at radius 3 is 2.32 bits per heavy atom. The fourth-order valence-corrected chi connectivity index (χ4v) is 2.54. The van der Waals surface area contributed by atoms with Gasteiger partial charge in [0.2, 0.25) is 0 Å². The van der Waals surface area contributed by atoms with Crippen LogP contribution in [0, 0.1) is 0 Å². The molecular weight excluding hydrogens is 252 g/mol. The van der Waals surface area contributed by atoms with Gasteiger partial charge in [-0.3, -0.25) is 0 Å². The van der Waals surface area contributed by atoms with E-state index < -0.39 is 23.8 Å². The number of hydrogen-bond acceptors (Lipinski definition) is 6. The molecule has 0 spiro atoms. The molecule has 0 aromatic carbocycles. The quantitative estimate of drug-likeness (QED) is 0.817. The molecule has 0 bridgehead atoms. The maximum absolute atomic E-state index is 10.1. The molecule has 2 fully saturated rings. The molecule has 4 unspecified atom stereocenters. The number of methoxy groups -OCH3 is 1. The van der Waals surface area contributed by atoms with E-state index in [1.54, 1.807) is 7.11 Å². The SMILES string of the molecule is COCC1OC(C)(C)OC1C1OC(C)(C)OCC1O. The Kier molecular flexibility index (Phi) is 4.21. The first kappa shape index (κ1) is 15.2. The Morgan fingerprint density at radius 2 is 1.68 bits per heavy atom. The lowest BCUT2D eigenvalue weighted by Gasteiger charge is -2.41. The number of ether oxygens (including phenoxy) is 5. The van der Waals surface area contributed by atoms with E-state index in [9.17, 15) is 5.11 Å². The van der Waals surface area contributed by atoms with Gasteiger partial charge < -0.3 is 28.8 Å². The Bertz CT molecular complexity index is 316. The van der Waals surface area contributed by atoms with Crippen LogP contribution in [0.5, 0.6) is 0 Å². The lowest BCUT2D eigenvalue weighted by Crippen LogP contribution is -2.56. The fourth-order valence-electron chi connectivity index (χ4n) is 2.54. The van der Waals surface area contributed by atoms with E-state index >= 15 is 0 Å². The largest absolute Gasteiger partial charge is 0.388 e. The van der Waals surface area contributed by atoms with Crippen molar-refractivity contribution in [1.82, 2.24) is 0 Å². The van der Waals surface area contributed by atoms with Gasteiger partial charge in [-0.1, -0.05) is 0 Å². The van der Waals surface area contributed by atoms with Crippen LogP contribution in [0.4, 0.5) is 0 Å². The molecule has 6 heteroatoms. The monoisotopic (exact) mass is 276 g/mol. The number of hydrogen-bond donors (Lipinski definition) is 1. The standard InChI is InChI=1S/C13H24O6/c1-12(2)16-6-8(14)10(18-12)11-9(7-15-5)17-13(3,4)19-11/h8-11,14H,6-7H2,1-5H3. The summed E-state index contributed by atoms with van der Waals surface area (Å²) in [5.41, 5.74) is 0. The lowest BCUT2D eigenvalue weighted by molar-refractivity contribution is -0.322. The predicted octanol–water partition coefficient (Wildman–Crippen LogP) is 0.665. The Morgan fingerprint density at radius 1 is 1.05 bits per heavy atom. The molecule has 4 atom stereocenters. The predicted molar refractivity (Wildman–Crippen MR) is 66.6 cm³/mol. The van der Waals surface area contributed by atoms with E-state index in [-0.39, 0.29) is 18.8 Å². The second-order valence-corrected chi connectivity index (χ2v) is 5.95. The Labute approximate surface area is 113 Å². The van der Waals surface area contributed by atoms with E-state index in [2.05, 4.69) is 0 Å². The summed E-state index contributed by atoms with van der Waals surface area (Å²) in [6, 6.07) is 0. The van der Waals surface area contributed by atoms with Crippen LogP contribution in [0.1, 0.15) is 27.7 Å². The minimum Gasteiger partial charge on any atom is -0.388 e. The zero-order valence-electron chi connectivity index (χ0n) is 12.2. The highest BCUT2D eigenvalue weighted by molar-refractivity contribution is 4.93. The minimum absolute atomic E-state index is 0.220. The first-order valence-electron chi connectivity index (χ1n) is 6.58. The van der Waals surface area contributed by atoms with Crippen molar-refractivity contribution in [2.45, 2.75) is 63.7 Å². The minimum atomic E-state index is -0.741. The summed E-state index contributed by atoms with van der Waals surface area (Å²) in [5, 5.41) is 10.1. The smallest absolute Gasteiger partial charge is 0.164 e. The second kappa shape index (κ2) is 5.27. The molecule has 0 amide bonds. The normalized spacial score (nSPS) is 41.4. The van der Waals surface area contributed by atoms with Gasteiger partial charge in [-0.15, -0.1) is 0 Å². The van der Waals surface area contributed by atoms with Crippen molar-refractivity contribution in [2.75, 3.05) is 20.3 Å². The van der Waals surface area contributed by atoms with Crippen molar-refractivity contribution in [3.8, 4) is 0 Å². The van der Waals surface area contributed by atoms with Crippen LogP contribution in [-0.2, 0) is 23.7 Å². The molecule has 2 aliphatic rings. The highest BCUT2D eigenvalue weighted by atomic mass is 16.8. The van der Waals surface area contributed by atoms with E-state index in [0.29, 0.717) is 6.61 Å². The third kappa shape index (κ3) is 3.45. The van der Waals surface area contributed by atoms with E-state index in [1.807, 2.05) is 27.7 Å². The third-order valence-electron chi connectivity index (χ3n) is 3.28. The van der Waals surface area contributed by atoms with E-state index in [1.165, 1.54) is 0 Å². The second-order valence-electron chi connectivity index (χ2n) is 5.95. The lowest BCUT2D eigenvalue weighted by atomic mass is 10.0. The molecule has 0 saturated carbocycles. The molecule has 2 saturated heterocycles. The van der Waals surface area contributed by atoms with Crippen molar-refractivity contribution in [3.05, 3.63) is 0 Å². The molecular formula is C13H24O6. The summed E-state index contributed by atoms with van der Waals surface area (Å²) in [7, 11) is 1.61. The summed E-state index contributed by atoms with van der Waals surface area (Å²) >= 11 is 0. The molecule has 6 nitrogen and oxygen atoms in total. The van der Waals surface area contributed by atoms with Gasteiger partial charge in [0.25, 0.3) is 0 Å².